The van der Waals surface area contributed by atoms with Crippen molar-refractivity contribution in [2.75, 3.05) is 13.1 Å². The van der Waals surface area contributed by atoms with Crippen molar-refractivity contribution in [1.29, 1.82) is 0 Å². The summed E-state index contributed by atoms with van der Waals surface area (Å²) in [4.78, 5) is 0. The van der Waals surface area contributed by atoms with Gasteiger partial charge in [0, 0.05) is 13.0 Å². The zero-order chi connectivity index (χ0) is 9.36. The first-order chi connectivity index (χ1) is 6.43. The molecule has 0 aromatic carbocycles. The van der Waals surface area contributed by atoms with Gasteiger partial charge < -0.3 is 9.73 Å². The van der Waals surface area contributed by atoms with Gasteiger partial charge in [-0.3, -0.25) is 0 Å². The number of furan rings is 1. The lowest BCUT2D eigenvalue weighted by Crippen LogP contribution is -2.18. The van der Waals surface area contributed by atoms with Crippen LogP contribution in [0.1, 0.15) is 31.9 Å². The summed E-state index contributed by atoms with van der Waals surface area (Å²) in [7, 11) is 0. The fraction of sp³-hybridized carbons (Fsp3) is 0.636. The van der Waals surface area contributed by atoms with Gasteiger partial charge in [-0.25, -0.2) is 0 Å². The highest BCUT2D eigenvalue weighted by molar-refractivity contribution is 4.98. The van der Waals surface area contributed by atoms with E-state index in [1.54, 1.807) is 6.26 Å². The van der Waals surface area contributed by atoms with Crippen LogP contribution in [0.25, 0.3) is 0 Å². The van der Waals surface area contributed by atoms with E-state index in [1.165, 1.54) is 19.3 Å². The summed E-state index contributed by atoms with van der Waals surface area (Å²) >= 11 is 0. The summed E-state index contributed by atoms with van der Waals surface area (Å²) in [6, 6.07) is 3.96. The maximum Gasteiger partial charge on any atom is 0.105 e. The van der Waals surface area contributed by atoms with Crippen LogP contribution >= 0.6 is 0 Å². The summed E-state index contributed by atoms with van der Waals surface area (Å²) < 4.78 is 5.22. The predicted molar refractivity (Wildman–Crippen MR) is 54.8 cm³/mol. The van der Waals surface area contributed by atoms with E-state index in [0.717, 1.165) is 25.3 Å². The number of nitrogens with one attached hydrogen (secondary N) is 1. The first kappa shape index (κ1) is 10.3. The van der Waals surface area contributed by atoms with Crippen LogP contribution in [0.15, 0.2) is 22.8 Å². The molecule has 1 heterocycles. The molecule has 0 atom stereocenters. The lowest BCUT2D eigenvalue weighted by Gasteiger charge is -2.01. The first-order valence-corrected chi connectivity index (χ1v) is 5.16. The molecule has 2 heteroatoms. The Morgan fingerprint density at radius 3 is 2.92 bits per heavy atom. The maximum atomic E-state index is 5.22. The molecule has 0 bridgehead atoms. The highest BCUT2D eigenvalue weighted by atomic mass is 16.3. The Kier molecular flexibility index (Phi) is 5.34. The fourth-order valence-electron chi connectivity index (χ4n) is 1.29. The lowest BCUT2D eigenvalue weighted by atomic mass is 10.2. The summed E-state index contributed by atoms with van der Waals surface area (Å²) in [6.07, 6.45) is 6.63. The number of unbranched alkanes of at least 4 members (excludes halogenated alkanes) is 2. The molecule has 1 N–H and O–H groups in total. The highest BCUT2D eigenvalue weighted by Crippen LogP contribution is 1.99. The lowest BCUT2D eigenvalue weighted by molar-refractivity contribution is 0.496. The van der Waals surface area contributed by atoms with Crippen LogP contribution in [0.4, 0.5) is 0 Å². The van der Waals surface area contributed by atoms with Crippen LogP contribution in [0.5, 0.6) is 0 Å². The molecule has 0 aliphatic carbocycles. The fourth-order valence-corrected chi connectivity index (χ4v) is 1.29. The second kappa shape index (κ2) is 6.72. The molecule has 1 rings (SSSR count). The number of rotatable bonds is 7. The molecule has 2 nitrogen and oxygen atoms in total. The van der Waals surface area contributed by atoms with Crippen molar-refractivity contribution in [2.24, 2.45) is 0 Å². The average molecular weight is 181 g/mol. The molecule has 0 saturated carbocycles. The van der Waals surface area contributed by atoms with E-state index in [0.29, 0.717) is 0 Å². The van der Waals surface area contributed by atoms with Gasteiger partial charge in [0.15, 0.2) is 0 Å². The SMILES string of the molecule is CCCCCNCCc1ccco1. The quantitative estimate of drug-likeness (QED) is 0.654. The van der Waals surface area contributed by atoms with E-state index in [1.807, 2.05) is 12.1 Å². The normalized spacial score (nSPS) is 10.5. The molecule has 0 fully saturated rings. The number of hydrogen-bond acceptors (Lipinski definition) is 2. The third-order valence-electron chi connectivity index (χ3n) is 2.09. The van der Waals surface area contributed by atoms with E-state index in [4.69, 9.17) is 4.42 Å². The van der Waals surface area contributed by atoms with Gasteiger partial charge in [0.2, 0.25) is 0 Å². The van der Waals surface area contributed by atoms with E-state index in [2.05, 4.69) is 12.2 Å². The maximum absolute atomic E-state index is 5.22. The summed E-state index contributed by atoms with van der Waals surface area (Å²) in [5.74, 6) is 1.07. The first-order valence-electron chi connectivity index (χ1n) is 5.16. The van der Waals surface area contributed by atoms with E-state index in [-0.39, 0.29) is 0 Å². The van der Waals surface area contributed by atoms with Gasteiger partial charge in [-0.05, 0) is 25.1 Å². The molecule has 0 radical (unpaired) electrons. The molecular weight excluding hydrogens is 162 g/mol. The second-order valence-corrected chi connectivity index (χ2v) is 3.29. The Morgan fingerprint density at radius 2 is 2.23 bits per heavy atom. The third kappa shape index (κ3) is 4.73. The van der Waals surface area contributed by atoms with Crippen LogP contribution in [0, 0.1) is 0 Å². The Bertz CT molecular complexity index is 194. The van der Waals surface area contributed by atoms with E-state index < -0.39 is 0 Å². The molecule has 1 aromatic heterocycles. The molecular formula is C11H19NO. The highest BCUT2D eigenvalue weighted by Gasteiger charge is 1.93. The van der Waals surface area contributed by atoms with Crippen LogP contribution < -0.4 is 5.32 Å². The van der Waals surface area contributed by atoms with Gasteiger partial charge in [0.1, 0.15) is 5.76 Å². The van der Waals surface area contributed by atoms with Crippen molar-refractivity contribution >= 4 is 0 Å². The van der Waals surface area contributed by atoms with Gasteiger partial charge in [-0.2, -0.15) is 0 Å². The van der Waals surface area contributed by atoms with Crippen LogP contribution in [-0.4, -0.2) is 13.1 Å². The summed E-state index contributed by atoms with van der Waals surface area (Å²) in [5.41, 5.74) is 0. The van der Waals surface area contributed by atoms with Gasteiger partial charge >= 0.3 is 0 Å². The Hall–Kier alpha value is -0.760. The van der Waals surface area contributed by atoms with E-state index in [9.17, 15) is 0 Å². The average Bonchev–Trinajstić information content (AvgIpc) is 2.63. The topological polar surface area (TPSA) is 25.2 Å². The van der Waals surface area contributed by atoms with Gasteiger partial charge in [0.05, 0.1) is 6.26 Å². The Morgan fingerprint density at radius 1 is 1.31 bits per heavy atom. The predicted octanol–water partition coefficient (Wildman–Crippen LogP) is 2.60. The Labute approximate surface area is 80.3 Å². The minimum Gasteiger partial charge on any atom is -0.469 e. The summed E-state index contributed by atoms with van der Waals surface area (Å²) in [6.45, 7) is 4.38. The number of hydrogen-bond donors (Lipinski definition) is 1. The van der Waals surface area contributed by atoms with Crippen molar-refractivity contribution in [3.05, 3.63) is 24.2 Å². The molecule has 0 saturated heterocycles. The van der Waals surface area contributed by atoms with E-state index >= 15 is 0 Å². The van der Waals surface area contributed by atoms with Crippen LogP contribution in [0.2, 0.25) is 0 Å². The van der Waals surface area contributed by atoms with Gasteiger partial charge in [-0.15, -0.1) is 0 Å². The van der Waals surface area contributed by atoms with Gasteiger partial charge in [-0.1, -0.05) is 19.8 Å². The second-order valence-electron chi connectivity index (χ2n) is 3.29. The monoisotopic (exact) mass is 181 g/mol. The largest absolute Gasteiger partial charge is 0.469 e. The van der Waals surface area contributed by atoms with Crippen LogP contribution in [-0.2, 0) is 6.42 Å². The van der Waals surface area contributed by atoms with Crippen LogP contribution in [0.3, 0.4) is 0 Å². The summed E-state index contributed by atoms with van der Waals surface area (Å²) in [5, 5.41) is 3.40. The van der Waals surface area contributed by atoms with Crippen molar-refractivity contribution in [2.45, 2.75) is 32.6 Å². The molecule has 0 spiro atoms. The molecule has 0 aliphatic rings. The molecule has 0 amide bonds. The molecule has 74 valence electrons. The Balaban J connectivity index is 1.90. The molecule has 0 unspecified atom stereocenters. The molecule has 1 aromatic rings. The minimum absolute atomic E-state index is 0.999. The molecule has 13 heavy (non-hydrogen) atoms. The van der Waals surface area contributed by atoms with Crippen molar-refractivity contribution < 1.29 is 4.42 Å². The van der Waals surface area contributed by atoms with Gasteiger partial charge in [0.25, 0.3) is 0 Å². The smallest absolute Gasteiger partial charge is 0.105 e. The zero-order valence-corrected chi connectivity index (χ0v) is 8.38. The third-order valence-corrected chi connectivity index (χ3v) is 2.09. The standard InChI is InChI=1S/C11H19NO/c1-2-3-4-8-12-9-7-11-6-5-10-13-11/h5-6,10,12H,2-4,7-9H2,1H3. The van der Waals surface area contributed by atoms with Crippen molar-refractivity contribution in [3.63, 3.8) is 0 Å². The minimum atomic E-state index is 0.999. The van der Waals surface area contributed by atoms with Crippen molar-refractivity contribution in [3.8, 4) is 0 Å². The van der Waals surface area contributed by atoms with Crippen molar-refractivity contribution in [1.82, 2.24) is 5.32 Å². The zero-order valence-electron chi connectivity index (χ0n) is 8.38. The molecule has 0 aliphatic heterocycles.